The molecule has 0 atom stereocenters. The van der Waals surface area contributed by atoms with Gasteiger partial charge in [0, 0.05) is 44.5 Å². The van der Waals surface area contributed by atoms with Crippen LogP contribution >= 0.6 is 0 Å². The second-order valence-electron chi connectivity index (χ2n) is 7.59. The predicted molar refractivity (Wildman–Crippen MR) is 99.7 cm³/mol. The molecule has 1 saturated carbocycles. The molecule has 9 nitrogen and oxygen atoms in total. The number of hydrogen-bond donors (Lipinski definition) is 0. The summed E-state index contributed by atoms with van der Waals surface area (Å²) in [7, 11) is 3.79. The fraction of sp³-hybridized carbons (Fsp3) is 0.500. The van der Waals surface area contributed by atoms with Gasteiger partial charge >= 0.3 is 0 Å². The van der Waals surface area contributed by atoms with Crippen LogP contribution in [0.25, 0.3) is 5.65 Å². The first-order valence-electron chi connectivity index (χ1n) is 9.28. The highest BCUT2D eigenvalue weighted by atomic mass is 16.1. The van der Waals surface area contributed by atoms with Crippen molar-refractivity contribution in [1.29, 1.82) is 0 Å². The molecule has 4 heterocycles. The van der Waals surface area contributed by atoms with Gasteiger partial charge in [-0.1, -0.05) is 0 Å². The molecule has 1 aliphatic heterocycles. The van der Waals surface area contributed by atoms with E-state index >= 15 is 0 Å². The third-order valence-electron chi connectivity index (χ3n) is 5.58. The molecule has 0 spiro atoms. The largest absolute Gasteiger partial charge is 0.352 e. The monoisotopic (exact) mass is 366 g/mol. The van der Waals surface area contributed by atoms with E-state index < -0.39 is 0 Å². The lowest BCUT2D eigenvalue weighted by Gasteiger charge is -2.44. The third-order valence-corrected chi connectivity index (χ3v) is 5.58. The fourth-order valence-electron chi connectivity index (χ4n) is 3.50. The number of fused-ring (bicyclic) bond motifs is 1. The quantitative estimate of drug-likeness (QED) is 0.647. The molecule has 5 rings (SSSR count). The second-order valence-corrected chi connectivity index (χ2v) is 7.59. The zero-order valence-corrected chi connectivity index (χ0v) is 15.5. The number of aromatic nitrogens is 6. The van der Waals surface area contributed by atoms with E-state index in [1.165, 1.54) is 17.4 Å². The summed E-state index contributed by atoms with van der Waals surface area (Å²) in [5, 5.41) is 17.0. The van der Waals surface area contributed by atoms with E-state index in [0.717, 1.165) is 30.4 Å². The first-order valence-corrected chi connectivity index (χ1v) is 9.28. The standard InChI is InChI=1S/C18H22N8O/c1-23-7-8-26-16(21-22-17(26)18(23)27)11-24(2)13-9-25(10-13)15-6-5-14(19-20-15)12-3-4-12/h5-8,12-13H,3-4,9-11H2,1-2H3. The maximum absolute atomic E-state index is 12.1. The van der Waals surface area contributed by atoms with Gasteiger partial charge in [0.15, 0.2) is 11.6 Å². The van der Waals surface area contributed by atoms with Crippen molar-refractivity contribution in [2.24, 2.45) is 7.05 Å². The molecule has 0 unspecified atom stereocenters. The lowest BCUT2D eigenvalue weighted by Crippen LogP contribution is -2.58. The molecule has 0 N–H and O–H groups in total. The summed E-state index contributed by atoms with van der Waals surface area (Å²) in [6, 6.07) is 4.60. The zero-order valence-electron chi connectivity index (χ0n) is 15.5. The first-order chi connectivity index (χ1) is 13.1. The van der Waals surface area contributed by atoms with Gasteiger partial charge in [-0.05, 0) is 32.0 Å². The van der Waals surface area contributed by atoms with Gasteiger partial charge in [0.1, 0.15) is 0 Å². The summed E-state index contributed by atoms with van der Waals surface area (Å²) >= 11 is 0. The summed E-state index contributed by atoms with van der Waals surface area (Å²) in [6.45, 7) is 2.46. The van der Waals surface area contributed by atoms with E-state index in [1.807, 2.05) is 6.20 Å². The number of hydrogen-bond acceptors (Lipinski definition) is 7. The minimum Gasteiger partial charge on any atom is -0.352 e. The van der Waals surface area contributed by atoms with Gasteiger partial charge in [-0.25, -0.2) is 0 Å². The van der Waals surface area contributed by atoms with E-state index in [0.29, 0.717) is 24.2 Å². The minimum absolute atomic E-state index is 0.137. The Hall–Kier alpha value is -2.81. The van der Waals surface area contributed by atoms with E-state index in [-0.39, 0.29) is 5.56 Å². The molecule has 27 heavy (non-hydrogen) atoms. The highest BCUT2D eigenvalue weighted by molar-refractivity contribution is 5.42. The van der Waals surface area contributed by atoms with Gasteiger partial charge in [-0.15, -0.1) is 15.3 Å². The topological polar surface area (TPSA) is 84.5 Å². The van der Waals surface area contributed by atoms with Crippen molar-refractivity contribution in [3.05, 3.63) is 46.4 Å². The van der Waals surface area contributed by atoms with Gasteiger partial charge in [-0.2, -0.15) is 5.10 Å². The van der Waals surface area contributed by atoms with Crippen LogP contribution in [0.1, 0.15) is 30.3 Å². The van der Waals surface area contributed by atoms with E-state index in [4.69, 9.17) is 0 Å². The Kier molecular flexibility index (Phi) is 3.71. The summed E-state index contributed by atoms with van der Waals surface area (Å²) in [5.74, 6) is 2.36. The minimum atomic E-state index is -0.137. The van der Waals surface area contributed by atoms with Crippen LogP contribution in [-0.4, -0.2) is 60.4 Å². The predicted octanol–water partition coefficient (Wildman–Crippen LogP) is 0.416. The van der Waals surface area contributed by atoms with Crippen LogP contribution in [0.15, 0.2) is 29.3 Å². The molecule has 140 valence electrons. The van der Waals surface area contributed by atoms with Gasteiger partial charge < -0.3 is 9.47 Å². The normalized spacial score (nSPS) is 17.7. The zero-order chi connectivity index (χ0) is 18.5. The van der Waals surface area contributed by atoms with Crippen LogP contribution in [0.5, 0.6) is 0 Å². The summed E-state index contributed by atoms with van der Waals surface area (Å²) in [4.78, 5) is 16.6. The van der Waals surface area contributed by atoms with E-state index in [2.05, 4.69) is 49.4 Å². The van der Waals surface area contributed by atoms with Crippen molar-refractivity contribution in [3.63, 3.8) is 0 Å². The smallest absolute Gasteiger partial charge is 0.295 e. The number of anilines is 1. The van der Waals surface area contributed by atoms with Crippen molar-refractivity contribution in [2.75, 3.05) is 25.0 Å². The maximum atomic E-state index is 12.1. The van der Waals surface area contributed by atoms with Crippen LogP contribution in [-0.2, 0) is 13.6 Å². The molecule has 3 aromatic rings. The number of aryl methyl sites for hydroxylation is 1. The van der Waals surface area contributed by atoms with E-state index in [1.54, 1.807) is 17.6 Å². The molecule has 0 aromatic carbocycles. The number of rotatable bonds is 5. The Morgan fingerprint density at radius 2 is 1.93 bits per heavy atom. The van der Waals surface area contributed by atoms with Crippen molar-refractivity contribution in [2.45, 2.75) is 31.3 Å². The van der Waals surface area contributed by atoms with Crippen LogP contribution in [0.3, 0.4) is 0 Å². The summed E-state index contributed by atoms with van der Waals surface area (Å²) < 4.78 is 3.29. The Balaban J connectivity index is 1.23. The van der Waals surface area contributed by atoms with Crippen molar-refractivity contribution < 1.29 is 0 Å². The van der Waals surface area contributed by atoms with Gasteiger partial charge in [0.05, 0.1) is 12.2 Å². The highest BCUT2D eigenvalue weighted by Crippen LogP contribution is 2.38. The van der Waals surface area contributed by atoms with Gasteiger partial charge in [0.25, 0.3) is 5.56 Å². The molecule has 2 fully saturated rings. The molecule has 0 bridgehead atoms. The Bertz CT molecular complexity index is 1030. The number of nitrogens with zero attached hydrogens (tertiary/aromatic N) is 8. The molecule has 0 radical (unpaired) electrons. The molecule has 9 heteroatoms. The Morgan fingerprint density at radius 1 is 1.11 bits per heavy atom. The highest BCUT2D eigenvalue weighted by Gasteiger charge is 2.32. The van der Waals surface area contributed by atoms with Crippen molar-refractivity contribution in [3.8, 4) is 0 Å². The van der Waals surface area contributed by atoms with Crippen LogP contribution in [0, 0.1) is 0 Å². The molecule has 2 aliphatic rings. The van der Waals surface area contributed by atoms with Crippen molar-refractivity contribution in [1.82, 2.24) is 34.3 Å². The summed E-state index contributed by atoms with van der Waals surface area (Å²) in [5.41, 5.74) is 1.35. The second kappa shape index (κ2) is 6.12. The van der Waals surface area contributed by atoms with Gasteiger partial charge in [0.2, 0.25) is 5.65 Å². The first kappa shape index (κ1) is 16.4. The third kappa shape index (κ3) is 2.87. The molecule has 0 amide bonds. The molecular weight excluding hydrogens is 344 g/mol. The van der Waals surface area contributed by atoms with Crippen LogP contribution in [0.2, 0.25) is 0 Å². The lowest BCUT2D eigenvalue weighted by molar-refractivity contribution is 0.192. The maximum Gasteiger partial charge on any atom is 0.295 e. The average molecular weight is 366 g/mol. The van der Waals surface area contributed by atoms with Gasteiger partial charge in [-0.3, -0.25) is 14.1 Å². The molecule has 1 aliphatic carbocycles. The Morgan fingerprint density at radius 3 is 2.63 bits per heavy atom. The summed E-state index contributed by atoms with van der Waals surface area (Å²) in [6.07, 6.45) is 6.06. The average Bonchev–Trinajstić information content (AvgIpc) is 3.40. The SMILES string of the molecule is CN(Cc1nnc2c(=O)n(C)ccn12)C1CN(c2ccc(C3CC3)nn2)C1. The number of likely N-dealkylation sites (N-methyl/N-ethyl adjacent to an activating group) is 1. The lowest BCUT2D eigenvalue weighted by atomic mass is 10.1. The fourth-order valence-corrected chi connectivity index (χ4v) is 3.50. The molecule has 1 saturated heterocycles. The molecule has 3 aromatic heterocycles. The Labute approximate surface area is 156 Å². The van der Waals surface area contributed by atoms with Crippen LogP contribution < -0.4 is 10.5 Å². The van der Waals surface area contributed by atoms with Crippen molar-refractivity contribution >= 4 is 11.5 Å². The molecular formula is C18H22N8O. The van der Waals surface area contributed by atoms with E-state index in [9.17, 15) is 4.79 Å². The van der Waals surface area contributed by atoms with Crippen LogP contribution in [0.4, 0.5) is 5.82 Å².